The number of imidazole rings is 1. The van der Waals surface area contributed by atoms with Crippen molar-refractivity contribution in [2.75, 3.05) is 6.54 Å². The summed E-state index contributed by atoms with van der Waals surface area (Å²) in [4.78, 5) is 19.3. The van der Waals surface area contributed by atoms with Crippen molar-refractivity contribution in [2.24, 2.45) is 21.7 Å². The maximum atomic E-state index is 12.8. The third-order valence-corrected chi connectivity index (χ3v) is 7.46. The molecule has 4 heteroatoms. The maximum absolute atomic E-state index is 12.8. The Morgan fingerprint density at radius 2 is 1.59 bits per heavy atom. The van der Waals surface area contributed by atoms with Gasteiger partial charge in [0.1, 0.15) is 0 Å². The summed E-state index contributed by atoms with van der Waals surface area (Å²) in [6.45, 7) is 24.3. The van der Waals surface area contributed by atoms with Crippen molar-refractivity contribution < 1.29 is 4.79 Å². The van der Waals surface area contributed by atoms with Crippen molar-refractivity contribution in [3.8, 4) is 0 Å². The molecule has 2 heterocycles. The summed E-state index contributed by atoms with van der Waals surface area (Å²) >= 11 is 0. The number of aromatic nitrogens is 2. The van der Waals surface area contributed by atoms with Gasteiger partial charge in [0.25, 0.3) is 0 Å². The Labute approximate surface area is 179 Å². The molecule has 2 rings (SSSR count). The number of rotatable bonds is 7. The molecule has 1 saturated heterocycles. The van der Waals surface area contributed by atoms with Crippen molar-refractivity contribution in [3.05, 3.63) is 18.7 Å². The number of hydrogen-bond donors (Lipinski definition) is 0. The Kier molecular flexibility index (Phi) is 6.67. The number of carbonyl (C=O) groups is 1. The van der Waals surface area contributed by atoms with E-state index in [1.807, 2.05) is 12.5 Å². The first kappa shape index (κ1) is 24.0. The van der Waals surface area contributed by atoms with Crippen LogP contribution in [0.4, 0.5) is 0 Å². The van der Waals surface area contributed by atoms with Crippen molar-refractivity contribution in [1.82, 2.24) is 14.5 Å². The molecule has 0 spiro atoms. The lowest BCUT2D eigenvalue weighted by Crippen LogP contribution is -2.54. The number of amides is 1. The zero-order valence-corrected chi connectivity index (χ0v) is 20.7. The van der Waals surface area contributed by atoms with Crippen LogP contribution in [-0.4, -0.2) is 32.9 Å². The predicted octanol–water partition coefficient (Wildman–Crippen LogP) is 6.34. The van der Waals surface area contributed by atoms with E-state index in [-0.39, 0.29) is 27.7 Å². The Hall–Kier alpha value is -1.32. The average molecular weight is 404 g/mol. The van der Waals surface area contributed by atoms with E-state index in [4.69, 9.17) is 0 Å². The largest absolute Gasteiger partial charge is 0.339 e. The molecule has 2 unspecified atom stereocenters. The highest BCUT2D eigenvalue weighted by Crippen LogP contribution is 2.53. The van der Waals surface area contributed by atoms with E-state index in [2.05, 4.69) is 89.9 Å². The fourth-order valence-electron chi connectivity index (χ4n) is 4.84. The highest BCUT2D eigenvalue weighted by Gasteiger charge is 2.50. The van der Waals surface area contributed by atoms with Crippen LogP contribution in [0.2, 0.25) is 0 Å². The lowest BCUT2D eigenvalue weighted by molar-refractivity contribution is -0.136. The smallest absolute Gasteiger partial charge is 0.222 e. The van der Waals surface area contributed by atoms with Gasteiger partial charge in [-0.3, -0.25) is 4.79 Å². The first-order valence-electron chi connectivity index (χ1n) is 11.3. The first-order chi connectivity index (χ1) is 13.1. The first-order valence-corrected chi connectivity index (χ1v) is 11.3. The summed E-state index contributed by atoms with van der Waals surface area (Å²) in [7, 11) is 0. The normalized spacial score (nSPS) is 19.0. The van der Waals surface area contributed by atoms with E-state index >= 15 is 0 Å². The number of carbonyl (C=O) groups excluding carboxylic acids is 1. The monoisotopic (exact) mass is 403 g/mol. The fourth-order valence-corrected chi connectivity index (χ4v) is 4.84. The minimum atomic E-state index is -0.0235. The van der Waals surface area contributed by atoms with Gasteiger partial charge in [-0.2, -0.15) is 0 Å². The van der Waals surface area contributed by atoms with E-state index in [1.165, 1.54) is 0 Å². The summed E-state index contributed by atoms with van der Waals surface area (Å²) in [5, 5.41) is 0. The van der Waals surface area contributed by atoms with E-state index in [0.29, 0.717) is 18.4 Å². The Morgan fingerprint density at radius 3 is 2.00 bits per heavy atom. The molecule has 1 aromatic heterocycles. The van der Waals surface area contributed by atoms with Crippen LogP contribution in [0.1, 0.15) is 101 Å². The predicted molar refractivity (Wildman–Crippen MR) is 122 cm³/mol. The summed E-state index contributed by atoms with van der Waals surface area (Å²) in [5.74, 6) is 0.338. The molecule has 0 saturated carbocycles. The van der Waals surface area contributed by atoms with Gasteiger partial charge >= 0.3 is 0 Å². The summed E-state index contributed by atoms with van der Waals surface area (Å²) in [5.41, 5.74) is 0.310. The van der Waals surface area contributed by atoms with Crippen LogP contribution in [0.15, 0.2) is 18.7 Å². The van der Waals surface area contributed by atoms with E-state index in [1.54, 1.807) is 0 Å². The topological polar surface area (TPSA) is 38.1 Å². The molecule has 166 valence electrons. The van der Waals surface area contributed by atoms with Gasteiger partial charge in [-0.05, 0) is 40.9 Å². The fraction of sp³-hybridized carbons (Fsp3) is 0.840. The standard InChI is InChI=1S/C25H45N3O/c1-22(2,3)16-20(28-14-11-12-21(28)29)25(9,10)24(7,8)17-19(23(4,5)6)27-15-13-26-18-27/h13,15,18-20H,11-12,14,16-17H2,1-10H3. The lowest BCUT2D eigenvalue weighted by Gasteiger charge is -2.53. The molecule has 0 aromatic carbocycles. The van der Waals surface area contributed by atoms with Crippen LogP contribution in [0.25, 0.3) is 0 Å². The Balaban J connectivity index is 2.40. The second-order valence-corrected chi connectivity index (χ2v) is 12.7. The molecule has 0 radical (unpaired) electrons. The maximum Gasteiger partial charge on any atom is 0.222 e. The Morgan fingerprint density at radius 1 is 0.966 bits per heavy atom. The SMILES string of the molecule is CC(C)(C)CC(N1CCCC1=O)C(C)(C)C(C)(C)CC(n1ccnc1)C(C)(C)C. The summed E-state index contributed by atoms with van der Waals surface area (Å²) < 4.78 is 2.28. The van der Waals surface area contributed by atoms with Crippen molar-refractivity contribution in [3.63, 3.8) is 0 Å². The molecular formula is C25H45N3O. The zero-order chi connectivity index (χ0) is 22.3. The molecule has 1 aliphatic heterocycles. The van der Waals surface area contributed by atoms with Crippen LogP contribution in [0, 0.1) is 21.7 Å². The van der Waals surface area contributed by atoms with Crippen LogP contribution >= 0.6 is 0 Å². The molecule has 29 heavy (non-hydrogen) atoms. The van der Waals surface area contributed by atoms with Gasteiger partial charge in [0.15, 0.2) is 0 Å². The molecule has 1 amide bonds. The second-order valence-electron chi connectivity index (χ2n) is 12.7. The average Bonchev–Trinajstić information content (AvgIpc) is 3.19. The third kappa shape index (κ3) is 5.44. The van der Waals surface area contributed by atoms with E-state index in [9.17, 15) is 4.79 Å². The van der Waals surface area contributed by atoms with Gasteiger partial charge in [0.05, 0.1) is 6.33 Å². The van der Waals surface area contributed by atoms with Crippen LogP contribution in [0.3, 0.4) is 0 Å². The second kappa shape index (κ2) is 8.07. The summed E-state index contributed by atoms with van der Waals surface area (Å²) in [6.07, 6.45) is 9.70. The van der Waals surface area contributed by atoms with Crippen molar-refractivity contribution >= 4 is 5.91 Å². The minimum Gasteiger partial charge on any atom is -0.339 e. The van der Waals surface area contributed by atoms with Gasteiger partial charge in [0, 0.05) is 37.4 Å². The van der Waals surface area contributed by atoms with Gasteiger partial charge in [-0.1, -0.05) is 69.2 Å². The van der Waals surface area contributed by atoms with Gasteiger partial charge in [0.2, 0.25) is 5.91 Å². The summed E-state index contributed by atoms with van der Waals surface area (Å²) in [6, 6.07) is 0.597. The van der Waals surface area contributed by atoms with E-state index in [0.717, 1.165) is 25.8 Å². The molecule has 0 N–H and O–H groups in total. The lowest BCUT2D eigenvalue weighted by atomic mass is 9.57. The number of likely N-dealkylation sites (tertiary alicyclic amines) is 1. The van der Waals surface area contributed by atoms with Gasteiger partial charge in [-0.25, -0.2) is 4.98 Å². The van der Waals surface area contributed by atoms with E-state index < -0.39 is 0 Å². The van der Waals surface area contributed by atoms with Gasteiger partial charge in [-0.15, -0.1) is 0 Å². The molecular weight excluding hydrogens is 358 g/mol. The highest BCUT2D eigenvalue weighted by molar-refractivity contribution is 5.78. The third-order valence-electron chi connectivity index (χ3n) is 7.46. The molecule has 4 nitrogen and oxygen atoms in total. The zero-order valence-electron chi connectivity index (χ0n) is 20.7. The quantitative estimate of drug-likeness (QED) is 0.533. The molecule has 1 fully saturated rings. The minimum absolute atomic E-state index is 0.0235. The number of nitrogens with zero attached hydrogens (tertiary/aromatic N) is 3. The van der Waals surface area contributed by atoms with Gasteiger partial charge < -0.3 is 9.47 Å². The molecule has 1 aliphatic rings. The van der Waals surface area contributed by atoms with Crippen molar-refractivity contribution in [2.45, 2.75) is 107 Å². The highest BCUT2D eigenvalue weighted by atomic mass is 16.2. The number of hydrogen-bond acceptors (Lipinski definition) is 2. The molecule has 1 aromatic rings. The Bertz CT molecular complexity index is 674. The van der Waals surface area contributed by atoms with Crippen LogP contribution < -0.4 is 0 Å². The van der Waals surface area contributed by atoms with Crippen LogP contribution in [0.5, 0.6) is 0 Å². The molecule has 2 atom stereocenters. The molecule has 0 aliphatic carbocycles. The van der Waals surface area contributed by atoms with Crippen molar-refractivity contribution in [1.29, 1.82) is 0 Å². The van der Waals surface area contributed by atoms with Crippen LogP contribution in [-0.2, 0) is 4.79 Å². The molecule has 0 bridgehead atoms.